The highest BCUT2D eigenvalue weighted by Crippen LogP contribution is 2.18. The molecule has 1 N–H and O–H groups in total. The molecule has 3 heteroatoms. The fourth-order valence-corrected chi connectivity index (χ4v) is 1.93. The summed E-state index contributed by atoms with van der Waals surface area (Å²) in [4.78, 5) is 0. The van der Waals surface area contributed by atoms with Crippen LogP contribution in [0, 0.1) is 0 Å². The number of nitrogens with one attached hydrogen (secondary N) is 1. The Balaban J connectivity index is 2.39. The third kappa shape index (κ3) is 3.97. The summed E-state index contributed by atoms with van der Waals surface area (Å²) in [6, 6.07) is 2.15. The maximum Gasteiger partial charge on any atom is 0.0492 e. The van der Waals surface area contributed by atoms with Gasteiger partial charge in [0, 0.05) is 18.4 Å². The molecule has 92 valence electrons. The van der Waals surface area contributed by atoms with Gasteiger partial charge in [0.25, 0.3) is 0 Å². The summed E-state index contributed by atoms with van der Waals surface area (Å²) in [5.41, 5.74) is 1.38. The Kier molecular flexibility index (Phi) is 6.16. The van der Waals surface area contributed by atoms with Crippen molar-refractivity contribution in [3.05, 3.63) is 18.0 Å². The summed E-state index contributed by atoms with van der Waals surface area (Å²) < 4.78 is 2.14. The molecule has 0 spiro atoms. The average Bonchev–Trinajstić information content (AvgIpc) is 2.73. The van der Waals surface area contributed by atoms with E-state index in [0.29, 0.717) is 5.92 Å². The van der Waals surface area contributed by atoms with E-state index in [-0.39, 0.29) is 0 Å². The normalized spacial score (nSPS) is 12.9. The number of aryl methyl sites for hydroxylation is 1. The van der Waals surface area contributed by atoms with Crippen LogP contribution in [0.15, 0.2) is 12.3 Å². The third-order valence-corrected chi connectivity index (χ3v) is 2.87. The van der Waals surface area contributed by atoms with Gasteiger partial charge in [0.2, 0.25) is 0 Å². The molecule has 1 atom stereocenters. The standard InChI is InChI=1S/C13H25N3/c1-4-8-14-9-6-12(3)13-7-10-15-16(13)11-5-2/h7,10,12,14H,4-6,8-9,11H2,1-3H3. The van der Waals surface area contributed by atoms with E-state index >= 15 is 0 Å². The first kappa shape index (κ1) is 13.2. The topological polar surface area (TPSA) is 29.9 Å². The Labute approximate surface area is 99.2 Å². The van der Waals surface area contributed by atoms with Gasteiger partial charge in [-0.3, -0.25) is 4.68 Å². The minimum atomic E-state index is 0.596. The molecule has 1 unspecified atom stereocenters. The van der Waals surface area contributed by atoms with Gasteiger partial charge in [-0.2, -0.15) is 5.10 Å². The lowest BCUT2D eigenvalue weighted by atomic mass is 10.0. The monoisotopic (exact) mass is 223 g/mol. The number of aromatic nitrogens is 2. The predicted octanol–water partition coefficient (Wildman–Crippen LogP) is 2.79. The first-order chi connectivity index (χ1) is 7.79. The first-order valence-electron chi connectivity index (χ1n) is 6.52. The van der Waals surface area contributed by atoms with Gasteiger partial charge in [-0.1, -0.05) is 20.8 Å². The molecule has 0 saturated carbocycles. The average molecular weight is 223 g/mol. The molecular formula is C13H25N3. The van der Waals surface area contributed by atoms with Crippen LogP contribution in [0.5, 0.6) is 0 Å². The van der Waals surface area contributed by atoms with E-state index in [2.05, 4.69) is 41.9 Å². The largest absolute Gasteiger partial charge is 0.317 e. The zero-order valence-corrected chi connectivity index (χ0v) is 10.9. The van der Waals surface area contributed by atoms with Crippen LogP contribution in [0.4, 0.5) is 0 Å². The Morgan fingerprint density at radius 1 is 1.31 bits per heavy atom. The second kappa shape index (κ2) is 7.44. The maximum atomic E-state index is 4.37. The molecular weight excluding hydrogens is 198 g/mol. The summed E-state index contributed by atoms with van der Waals surface area (Å²) in [5.74, 6) is 0.596. The summed E-state index contributed by atoms with van der Waals surface area (Å²) >= 11 is 0. The van der Waals surface area contributed by atoms with Crippen LogP contribution in [0.25, 0.3) is 0 Å². The van der Waals surface area contributed by atoms with Gasteiger partial charge in [0.05, 0.1) is 0 Å². The van der Waals surface area contributed by atoms with Crippen LogP contribution in [0.2, 0.25) is 0 Å². The maximum absolute atomic E-state index is 4.37. The Hall–Kier alpha value is -0.830. The van der Waals surface area contributed by atoms with Crippen molar-refractivity contribution in [2.24, 2.45) is 0 Å². The second-order valence-electron chi connectivity index (χ2n) is 4.42. The molecule has 0 radical (unpaired) electrons. The van der Waals surface area contributed by atoms with Crippen molar-refractivity contribution in [3.8, 4) is 0 Å². The number of nitrogens with zero attached hydrogens (tertiary/aromatic N) is 2. The molecule has 1 aromatic rings. The molecule has 0 aliphatic rings. The molecule has 0 saturated heterocycles. The van der Waals surface area contributed by atoms with Crippen molar-refractivity contribution in [2.75, 3.05) is 13.1 Å². The van der Waals surface area contributed by atoms with Crippen molar-refractivity contribution in [3.63, 3.8) is 0 Å². The highest BCUT2D eigenvalue weighted by atomic mass is 15.3. The van der Waals surface area contributed by atoms with Crippen LogP contribution < -0.4 is 5.32 Å². The zero-order valence-electron chi connectivity index (χ0n) is 10.9. The minimum absolute atomic E-state index is 0.596. The minimum Gasteiger partial charge on any atom is -0.317 e. The van der Waals surface area contributed by atoms with Crippen molar-refractivity contribution in [2.45, 2.75) is 52.5 Å². The van der Waals surface area contributed by atoms with Crippen LogP contribution >= 0.6 is 0 Å². The highest BCUT2D eigenvalue weighted by molar-refractivity contribution is 5.06. The summed E-state index contributed by atoms with van der Waals surface area (Å²) in [5, 5.41) is 7.82. The highest BCUT2D eigenvalue weighted by Gasteiger charge is 2.10. The molecule has 1 aromatic heterocycles. The molecule has 1 heterocycles. The summed E-state index contributed by atoms with van der Waals surface area (Å²) in [6.45, 7) is 9.95. The first-order valence-corrected chi connectivity index (χ1v) is 6.52. The fraction of sp³-hybridized carbons (Fsp3) is 0.769. The van der Waals surface area contributed by atoms with Crippen molar-refractivity contribution >= 4 is 0 Å². The third-order valence-electron chi connectivity index (χ3n) is 2.87. The molecule has 0 fully saturated rings. The zero-order chi connectivity index (χ0) is 11.8. The van der Waals surface area contributed by atoms with Crippen LogP contribution in [0.1, 0.15) is 51.6 Å². The summed E-state index contributed by atoms with van der Waals surface area (Å²) in [7, 11) is 0. The van der Waals surface area contributed by atoms with Crippen molar-refractivity contribution in [1.29, 1.82) is 0 Å². The van der Waals surface area contributed by atoms with E-state index in [9.17, 15) is 0 Å². The molecule has 0 aliphatic carbocycles. The van der Waals surface area contributed by atoms with E-state index in [4.69, 9.17) is 0 Å². The smallest absolute Gasteiger partial charge is 0.0492 e. The lowest BCUT2D eigenvalue weighted by Crippen LogP contribution is -2.18. The SMILES string of the molecule is CCCNCCC(C)c1ccnn1CCC. The molecule has 0 aliphatic heterocycles. The summed E-state index contributed by atoms with van der Waals surface area (Å²) in [6.07, 6.45) is 5.47. The van der Waals surface area contributed by atoms with Gasteiger partial charge in [0.1, 0.15) is 0 Å². The number of hydrogen-bond acceptors (Lipinski definition) is 2. The van der Waals surface area contributed by atoms with E-state index < -0.39 is 0 Å². The molecule has 0 aromatic carbocycles. The van der Waals surface area contributed by atoms with E-state index in [1.165, 1.54) is 18.5 Å². The van der Waals surface area contributed by atoms with Gasteiger partial charge in [0.15, 0.2) is 0 Å². The van der Waals surface area contributed by atoms with Crippen LogP contribution in [0.3, 0.4) is 0 Å². The molecule has 0 amide bonds. The number of hydrogen-bond donors (Lipinski definition) is 1. The van der Waals surface area contributed by atoms with Gasteiger partial charge < -0.3 is 5.32 Å². The van der Waals surface area contributed by atoms with Crippen LogP contribution in [-0.2, 0) is 6.54 Å². The van der Waals surface area contributed by atoms with Crippen LogP contribution in [-0.4, -0.2) is 22.9 Å². The second-order valence-corrected chi connectivity index (χ2v) is 4.42. The molecule has 1 rings (SSSR count). The Morgan fingerprint density at radius 2 is 2.12 bits per heavy atom. The quantitative estimate of drug-likeness (QED) is 0.687. The van der Waals surface area contributed by atoms with Gasteiger partial charge in [-0.15, -0.1) is 0 Å². The van der Waals surface area contributed by atoms with Gasteiger partial charge in [-0.25, -0.2) is 0 Å². The fourth-order valence-electron chi connectivity index (χ4n) is 1.93. The van der Waals surface area contributed by atoms with Gasteiger partial charge >= 0.3 is 0 Å². The molecule has 16 heavy (non-hydrogen) atoms. The van der Waals surface area contributed by atoms with Crippen molar-refractivity contribution in [1.82, 2.24) is 15.1 Å². The lowest BCUT2D eigenvalue weighted by Gasteiger charge is -2.14. The van der Waals surface area contributed by atoms with Crippen molar-refractivity contribution < 1.29 is 0 Å². The van der Waals surface area contributed by atoms with E-state index in [1.54, 1.807) is 0 Å². The van der Waals surface area contributed by atoms with E-state index in [1.807, 2.05) is 6.20 Å². The van der Waals surface area contributed by atoms with E-state index in [0.717, 1.165) is 26.1 Å². The molecule has 0 bridgehead atoms. The molecule has 3 nitrogen and oxygen atoms in total. The predicted molar refractivity (Wildman–Crippen MR) is 68.7 cm³/mol. The van der Waals surface area contributed by atoms with Gasteiger partial charge in [-0.05, 0) is 44.3 Å². The Bertz CT molecular complexity index is 280. The lowest BCUT2D eigenvalue weighted by molar-refractivity contribution is 0.518. The number of rotatable bonds is 8. The Morgan fingerprint density at radius 3 is 2.81 bits per heavy atom.